The number of rotatable bonds is 2. The van der Waals surface area contributed by atoms with E-state index in [0.29, 0.717) is 5.41 Å². The van der Waals surface area contributed by atoms with Crippen LogP contribution in [-0.4, -0.2) is 10.8 Å². The molecule has 0 fully saturated rings. The second kappa shape index (κ2) is 4.25. The lowest BCUT2D eigenvalue weighted by Crippen LogP contribution is -2.09. The molecule has 1 aliphatic rings. The summed E-state index contributed by atoms with van der Waals surface area (Å²) in [7, 11) is 0. The van der Waals surface area contributed by atoms with Crippen LogP contribution in [-0.2, 0) is 6.42 Å². The first-order valence-corrected chi connectivity index (χ1v) is 5.92. The highest BCUT2D eigenvalue weighted by atomic mass is 15.0. The van der Waals surface area contributed by atoms with E-state index in [1.807, 2.05) is 0 Å². The molecule has 1 heterocycles. The van der Waals surface area contributed by atoms with Crippen molar-refractivity contribution in [3.05, 3.63) is 42.1 Å². The van der Waals surface area contributed by atoms with Crippen molar-refractivity contribution < 1.29 is 4.58 Å². The van der Waals surface area contributed by atoms with Gasteiger partial charge in [0.15, 0.2) is 12.4 Å². The fraction of sp³-hybridized carbons (Fsp3) is 0.400. The topological polar surface area (TPSA) is 3.01 Å². The fourth-order valence-electron chi connectivity index (χ4n) is 2.04. The quantitative estimate of drug-likeness (QED) is 0.657. The molecule has 0 N–H and O–H groups in total. The summed E-state index contributed by atoms with van der Waals surface area (Å²) in [6, 6.07) is 8.82. The summed E-state index contributed by atoms with van der Waals surface area (Å²) in [6.07, 6.45) is 8.69. The van der Waals surface area contributed by atoms with Crippen molar-refractivity contribution >= 4 is 11.9 Å². The van der Waals surface area contributed by atoms with E-state index < -0.39 is 0 Å². The van der Waals surface area contributed by atoms with Gasteiger partial charge in [-0.15, -0.1) is 0 Å². The molecule has 0 spiro atoms. The number of hydrogen-bond donors (Lipinski definition) is 0. The summed E-state index contributed by atoms with van der Waals surface area (Å²) in [5.41, 5.74) is 3.04. The Balaban J connectivity index is 2.23. The van der Waals surface area contributed by atoms with E-state index in [1.54, 1.807) is 0 Å². The lowest BCUT2D eigenvalue weighted by Gasteiger charge is -2.17. The zero-order valence-corrected chi connectivity index (χ0v) is 10.4. The Morgan fingerprint density at radius 3 is 2.69 bits per heavy atom. The van der Waals surface area contributed by atoms with Crippen molar-refractivity contribution in [3.8, 4) is 0 Å². The molecular weight excluding hydrogens is 194 g/mol. The maximum atomic E-state index is 2.29. The summed E-state index contributed by atoms with van der Waals surface area (Å²) in [5.74, 6) is 0. The lowest BCUT2D eigenvalue weighted by molar-refractivity contribution is -0.351. The second-order valence-corrected chi connectivity index (χ2v) is 5.62. The molecule has 0 aromatic heterocycles. The predicted molar refractivity (Wildman–Crippen MR) is 69.3 cm³/mol. The molecule has 16 heavy (non-hydrogen) atoms. The normalized spacial score (nSPS) is 15.3. The van der Waals surface area contributed by atoms with Crippen molar-refractivity contribution in [2.45, 2.75) is 33.6 Å². The standard InChI is InChI=1S/C15H20N/c1-15(2,3)12-13-7-6-8-14(11-13)16-9-4-5-10-16/h4,6-11H,5,12H2,1-3H3/q+1. The van der Waals surface area contributed by atoms with Crippen molar-refractivity contribution in [3.63, 3.8) is 0 Å². The minimum Gasteiger partial charge on any atom is -0.171 e. The number of hydrogen-bond acceptors (Lipinski definition) is 0. The van der Waals surface area contributed by atoms with Gasteiger partial charge in [0.25, 0.3) is 0 Å². The third-order valence-corrected chi connectivity index (χ3v) is 2.65. The Morgan fingerprint density at radius 2 is 2.06 bits per heavy atom. The second-order valence-electron chi connectivity index (χ2n) is 5.62. The van der Waals surface area contributed by atoms with Crippen molar-refractivity contribution in [1.82, 2.24) is 0 Å². The smallest absolute Gasteiger partial charge is 0.171 e. The van der Waals surface area contributed by atoms with E-state index in [4.69, 9.17) is 0 Å². The van der Waals surface area contributed by atoms with Crippen LogP contribution in [0.2, 0.25) is 0 Å². The van der Waals surface area contributed by atoms with Gasteiger partial charge in [-0.2, -0.15) is 4.58 Å². The van der Waals surface area contributed by atoms with E-state index >= 15 is 0 Å². The Morgan fingerprint density at radius 1 is 1.25 bits per heavy atom. The monoisotopic (exact) mass is 214 g/mol. The molecule has 0 saturated carbocycles. The van der Waals surface area contributed by atoms with Crippen molar-refractivity contribution in [2.75, 3.05) is 0 Å². The molecule has 84 valence electrons. The molecule has 1 nitrogen and oxygen atoms in total. The molecule has 0 atom stereocenters. The van der Waals surface area contributed by atoms with Gasteiger partial charge in [0.05, 0.1) is 0 Å². The molecule has 0 radical (unpaired) electrons. The molecule has 2 rings (SSSR count). The van der Waals surface area contributed by atoms with Gasteiger partial charge >= 0.3 is 0 Å². The maximum Gasteiger partial charge on any atom is 0.210 e. The van der Waals surface area contributed by atoms with E-state index in [0.717, 1.165) is 12.8 Å². The number of nitrogens with zero attached hydrogens (tertiary/aromatic N) is 1. The zero-order chi connectivity index (χ0) is 11.6. The van der Waals surface area contributed by atoms with Gasteiger partial charge in [-0.1, -0.05) is 32.9 Å². The van der Waals surface area contributed by atoms with Crippen LogP contribution in [0.1, 0.15) is 32.8 Å². The van der Waals surface area contributed by atoms with E-state index in [2.05, 4.69) is 68.1 Å². The number of benzene rings is 1. The van der Waals surface area contributed by atoms with Gasteiger partial charge in [0, 0.05) is 18.6 Å². The van der Waals surface area contributed by atoms with Crippen molar-refractivity contribution in [1.29, 1.82) is 0 Å². The Hall–Kier alpha value is -1.37. The average Bonchev–Trinajstić information content (AvgIpc) is 2.68. The average molecular weight is 214 g/mol. The Kier molecular flexibility index (Phi) is 2.95. The van der Waals surface area contributed by atoms with Gasteiger partial charge in [-0.05, 0) is 23.5 Å². The minimum absolute atomic E-state index is 0.350. The molecule has 1 aliphatic heterocycles. The van der Waals surface area contributed by atoms with Crippen LogP contribution in [0.3, 0.4) is 0 Å². The van der Waals surface area contributed by atoms with E-state index in [9.17, 15) is 0 Å². The van der Waals surface area contributed by atoms with E-state index in [1.165, 1.54) is 11.3 Å². The summed E-state index contributed by atoms with van der Waals surface area (Å²) in [6.45, 7) is 6.84. The minimum atomic E-state index is 0.350. The van der Waals surface area contributed by atoms with Gasteiger partial charge < -0.3 is 0 Å². The first-order valence-electron chi connectivity index (χ1n) is 5.92. The fourth-order valence-corrected chi connectivity index (χ4v) is 2.04. The zero-order valence-electron chi connectivity index (χ0n) is 10.4. The highest BCUT2D eigenvalue weighted by Crippen LogP contribution is 2.23. The maximum absolute atomic E-state index is 2.29. The summed E-state index contributed by atoms with van der Waals surface area (Å²) >= 11 is 0. The van der Waals surface area contributed by atoms with Crippen LogP contribution in [0, 0.1) is 5.41 Å². The highest BCUT2D eigenvalue weighted by Gasteiger charge is 2.14. The predicted octanol–water partition coefficient (Wildman–Crippen LogP) is 3.91. The van der Waals surface area contributed by atoms with Crippen LogP contribution < -0.4 is 0 Å². The van der Waals surface area contributed by atoms with Gasteiger partial charge in [0.1, 0.15) is 0 Å². The molecule has 1 aromatic carbocycles. The molecule has 1 heteroatoms. The summed E-state index contributed by atoms with van der Waals surface area (Å²) in [5, 5.41) is 0. The molecule has 0 amide bonds. The van der Waals surface area contributed by atoms with Gasteiger partial charge in [0.2, 0.25) is 5.69 Å². The van der Waals surface area contributed by atoms with Crippen LogP contribution in [0.25, 0.3) is 0 Å². The highest BCUT2D eigenvalue weighted by molar-refractivity contribution is 5.58. The number of allylic oxidation sites excluding steroid dienone is 1. The molecule has 0 saturated heterocycles. The van der Waals surface area contributed by atoms with Crippen LogP contribution >= 0.6 is 0 Å². The molecule has 0 unspecified atom stereocenters. The molecule has 0 bridgehead atoms. The van der Waals surface area contributed by atoms with Crippen molar-refractivity contribution in [2.24, 2.45) is 5.41 Å². The van der Waals surface area contributed by atoms with Gasteiger partial charge in [-0.25, -0.2) is 0 Å². The molecule has 0 aliphatic carbocycles. The largest absolute Gasteiger partial charge is 0.210 e. The third-order valence-electron chi connectivity index (χ3n) is 2.65. The first-order chi connectivity index (χ1) is 7.54. The summed E-state index contributed by atoms with van der Waals surface area (Å²) < 4.78 is 2.20. The first kappa shape index (κ1) is 11.1. The Labute approximate surface area is 98.1 Å². The Bertz CT molecular complexity index is 433. The third kappa shape index (κ3) is 2.82. The SMILES string of the molecule is CC(C)(C)Cc1cccc([N+]2=CCC=C2)c1. The summed E-state index contributed by atoms with van der Waals surface area (Å²) in [4.78, 5) is 0. The van der Waals surface area contributed by atoms with E-state index in [-0.39, 0.29) is 0 Å². The molecular formula is C15H20N+. The van der Waals surface area contributed by atoms with Crippen LogP contribution in [0.4, 0.5) is 5.69 Å². The van der Waals surface area contributed by atoms with Crippen LogP contribution in [0.5, 0.6) is 0 Å². The molecule has 1 aromatic rings. The van der Waals surface area contributed by atoms with Gasteiger partial charge in [-0.3, -0.25) is 0 Å². The lowest BCUT2D eigenvalue weighted by atomic mass is 9.88. The van der Waals surface area contributed by atoms with Crippen LogP contribution in [0.15, 0.2) is 36.5 Å².